The van der Waals surface area contributed by atoms with Gasteiger partial charge in [-0.25, -0.2) is 14.8 Å². The molecule has 0 aliphatic rings. The first-order chi connectivity index (χ1) is 11.5. The number of nitrogens with one attached hydrogen (secondary N) is 1. The molecule has 124 valence electrons. The van der Waals surface area contributed by atoms with Crippen LogP contribution in [0.5, 0.6) is 0 Å². The molecular weight excluding hydrogens is 306 g/mol. The highest BCUT2D eigenvalue weighted by Gasteiger charge is 2.23. The van der Waals surface area contributed by atoms with Crippen LogP contribution in [0.1, 0.15) is 34.4 Å². The lowest BCUT2D eigenvalue weighted by atomic mass is 10.1. The summed E-state index contributed by atoms with van der Waals surface area (Å²) in [4.78, 5) is 24.3. The van der Waals surface area contributed by atoms with Crippen molar-refractivity contribution in [2.45, 2.75) is 27.7 Å². The maximum absolute atomic E-state index is 12.2. The maximum atomic E-state index is 12.2. The Bertz CT molecular complexity index is 880. The van der Waals surface area contributed by atoms with Crippen LogP contribution in [-0.4, -0.2) is 37.3 Å². The van der Waals surface area contributed by atoms with Gasteiger partial charge in [-0.2, -0.15) is 4.68 Å². The average Bonchev–Trinajstić information content (AvgIpc) is 3.08. The molecule has 1 N–H and O–H groups in total. The molecule has 7 nitrogen and oxygen atoms in total. The number of carbonyl (C=O) groups excluding carboxylic acids is 1. The van der Waals surface area contributed by atoms with Crippen LogP contribution in [0.3, 0.4) is 0 Å². The number of aromatic amines is 1. The predicted molar refractivity (Wildman–Crippen MR) is 89.1 cm³/mol. The highest BCUT2D eigenvalue weighted by atomic mass is 16.5. The summed E-state index contributed by atoms with van der Waals surface area (Å²) in [6.07, 6.45) is 1.70. The van der Waals surface area contributed by atoms with Gasteiger partial charge in [0.25, 0.3) is 0 Å². The third-order valence-corrected chi connectivity index (χ3v) is 3.72. The van der Waals surface area contributed by atoms with Crippen molar-refractivity contribution in [3.05, 3.63) is 47.0 Å². The summed E-state index contributed by atoms with van der Waals surface area (Å²) in [5, 5.41) is 4.43. The van der Waals surface area contributed by atoms with Crippen LogP contribution < -0.4 is 0 Å². The van der Waals surface area contributed by atoms with E-state index in [1.807, 2.05) is 39.0 Å². The fourth-order valence-electron chi connectivity index (χ4n) is 2.70. The number of aryl methyl sites for hydroxylation is 2. The zero-order valence-electron chi connectivity index (χ0n) is 14.1. The second-order valence-corrected chi connectivity index (χ2v) is 5.43. The van der Waals surface area contributed by atoms with E-state index < -0.39 is 0 Å². The van der Waals surface area contributed by atoms with Gasteiger partial charge in [-0.15, -0.1) is 5.10 Å². The average molecular weight is 325 g/mol. The van der Waals surface area contributed by atoms with Gasteiger partial charge < -0.3 is 9.72 Å². The molecule has 0 atom stereocenters. The molecule has 0 aliphatic carbocycles. The molecule has 24 heavy (non-hydrogen) atoms. The molecule has 0 radical (unpaired) electrons. The van der Waals surface area contributed by atoms with E-state index in [0.717, 1.165) is 17.0 Å². The van der Waals surface area contributed by atoms with E-state index >= 15 is 0 Å². The number of carbonyl (C=O) groups is 1. The van der Waals surface area contributed by atoms with Crippen LogP contribution in [0.15, 0.2) is 24.4 Å². The molecular formula is C17H19N5O2. The predicted octanol–water partition coefficient (Wildman–Crippen LogP) is 2.76. The summed E-state index contributed by atoms with van der Waals surface area (Å²) >= 11 is 0. The Morgan fingerprint density at radius 3 is 2.75 bits per heavy atom. The molecule has 0 saturated carbocycles. The summed E-state index contributed by atoms with van der Waals surface area (Å²) in [6.45, 7) is 7.66. The SMILES string of the molecule is CCOC(=O)c1c(C)[nH]c(-c2nc(C)nn2-c2ccccn2)c1C. The first-order valence-electron chi connectivity index (χ1n) is 7.74. The lowest BCUT2D eigenvalue weighted by Gasteiger charge is -2.05. The molecule has 0 aromatic carbocycles. The van der Waals surface area contributed by atoms with Gasteiger partial charge in [-0.1, -0.05) is 6.07 Å². The Morgan fingerprint density at radius 2 is 2.08 bits per heavy atom. The fourth-order valence-corrected chi connectivity index (χ4v) is 2.70. The number of rotatable bonds is 4. The first-order valence-corrected chi connectivity index (χ1v) is 7.74. The summed E-state index contributed by atoms with van der Waals surface area (Å²) in [7, 11) is 0. The van der Waals surface area contributed by atoms with Crippen LogP contribution in [0.25, 0.3) is 17.3 Å². The van der Waals surface area contributed by atoms with Crippen LogP contribution in [0.4, 0.5) is 0 Å². The topological polar surface area (TPSA) is 85.7 Å². The van der Waals surface area contributed by atoms with E-state index in [-0.39, 0.29) is 5.97 Å². The minimum absolute atomic E-state index is 0.335. The van der Waals surface area contributed by atoms with Crippen LogP contribution in [-0.2, 0) is 4.74 Å². The second kappa shape index (κ2) is 6.27. The monoisotopic (exact) mass is 325 g/mol. The van der Waals surface area contributed by atoms with Crippen LogP contribution in [0, 0.1) is 20.8 Å². The minimum atomic E-state index is -0.337. The van der Waals surface area contributed by atoms with Gasteiger partial charge in [-0.3, -0.25) is 0 Å². The molecule has 0 fully saturated rings. The van der Waals surface area contributed by atoms with Gasteiger partial charge in [0.2, 0.25) is 0 Å². The van der Waals surface area contributed by atoms with Crippen LogP contribution >= 0.6 is 0 Å². The lowest BCUT2D eigenvalue weighted by molar-refractivity contribution is 0.0525. The standard InChI is InChI=1S/C17H19N5O2/c1-5-24-17(23)14-10(2)15(19-11(14)3)16-20-12(4)21-22(16)13-8-6-7-9-18-13/h6-9,19H,5H2,1-4H3. The molecule has 3 heterocycles. The molecule has 7 heteroatoms. The Balaban J connectivity index is 2.15. The van der Waals surface area contributed by atoms with Gasteiger partial charge in [0, 0.05) is 11.9 Å². The maximum Gasteiger partial charge on any atom is 0.340 e. The smallest absolute Gasteiger partial charge is 0.340 e. The second-order valence-electron chi connectivity index (χ2n) is 5.43. The van der Waals surface area contributed by atoms with Crippen molar-refractivity contribution in [1.82, 2.24) is 24.7 Å². The number of esters is 1. The largest absolute Gasteiger partial charge is 0.462 e. The van der Waals surface area contributed by atoms with Crippen molar-refractivity contribution in [3.63, 3.8) is 0 Å². The summed E-state index contributed by atoms with van der Waals surface area (Å²) < 4.78 is 6.81. The molecule has 0 amide bonds. The van der Waals surface area contributed by atoms with Gasteiger partial charge in [0.1, 0.15) is 5.82 Å². The van der Waals surface area contributed by atoms with E-state index in [1.54, 1.807) is 17.8 Å². The molecule has 0 spiro atoms. The zero-order chi connectivity index (χ0) is 17.3. The van der Waals surface area contributed by atoms with Crippen molar-refractivity contribution < 1.29 is 9.53 Å². The Hall–Kier alpha value is -2.96. The van der Waals surface area contributed by atoms with Crippen molar-refractivity contribution in [3.8, 4) is 17.3 Å². The fraction of sp³-hybridized carbons (Fsp3) is 0.294. The highest BCUT2D eigenvalue weighted by Crippen LogP contribution is 2.28. The van der Waals surface area contributed by atoms with Gasteiger partial charge in [0.05, 0.1) is 17.9 Å². The third kappa shape index (κ3) is 2.68. The van der Waals surface area contributed by atoms with E-state index in [9.17, 15) is 4.79 Å². The molecule has 0 bridgehead atoms. The molecule has 3 aromatic rings. The minimum Gasteiger partial charge on any atom is -0.462 e. The van der Waals surface area contributed by atoms with Crippen molar-refractivity contribution >= 4 is 5.97 Å². The summed E-state index contributed by atoms with van der Waals surface area (Å²) in [5.74, 6) is 1.57. The number of H-pyrrole nitrogens is 1. The summed E-state index contributed by atoms with van der Waals surface area (Å²) in [5.41, 5.74) is 2.81. The van der Waals surface area contributed by atoms with Gasteiger partial charge in [-0.05, 0) is 45.4 Å². The molecule has 0 aliphatic heterocycles. The van der Waals surface area contributed by atoms with Gasteiger partial charge in [0.15, 0.2) is 11.6 Å². The number of hydrogen-bond donors (Lipinski definition) is 1. The highest BCUT2D eigenvalue weighted by molar-refractivity contribution is 5.94. The lowest BCUT2D eigenvalue weighted by Crippen LogP contribution is -2.07. The molecule has 3 aromatic heterocycles. The van der Waals surface area contributed by atoms with E-state index in [4.69, 9.17) is 4.74 Å². The Labute approximate surface area is 139 Å². The zero-order valence-corrected chi connectivity index (χ0v) is 14.1. The van der Waals surface area contributed by atoms with Crippen molar-refractivity contribution in [1.29, 1.82) is 0 Å². The number of nitrogens with zero attached hydrogens (tertiary/aromatic N) is 4. The summed E-state index contributed by atoms with van der Waals surface area (Å²) in [6, 6.07) is 5.59. The van der Waals surface area contributed by atoms with E-state index in [0.29, 0.717) is 29.6 Å². The van der Waals surface area contributed by atoms with E-state index in [1.165, 1.54) is 0 Å². The first kappa shape index (κ1) is 15.9. The van der Waals surface area contributed by atoms with Crippen LogP contribution in [0.2, 0.25) is 0 Å². The Kier molecular flexibility index (Phi) is 4.16. The quantitative estimate of drug-likeness (QED) is 0.745. The van der Waals surface area contributed by atoms with Crippen molar-refractivity contribution in [2.75, 3.05) is 6.61 Å². The third-order valence-electron chi connectivity index (χ3n) is 3.72. The van der Waals surface area contributed by atoms with Gasteiger partial charge >= 0.3 is 5.97 Å². The Morgan fingerprint density at radius 1 is 1.29 bits per heavy atom. The number of ether oxygens (including phenoxy) is 1. The van der Waals surface area contributed by atoms with E-state index in [2.05, 4.69) is 20.1 Å². The van der Waals surface area contributed by atoms with Crippen molar-refractivity contribution in [2.24, 2.45) is 0 Å². The molecule has 0 unspecified atom stereocenters. The number of hydrogen-bond acceptors (Lipinski definition) is 5. The molecule has 3 rings (SSSR count). The normalized spacial score (nSPS) is 10.8. The number of pyridine rings is 1. The number of aromatic nitrogens is 5. The molecule has 0 saturated heterocycles.